The van der Waals surface area contributed by atoms with Crippen LogP contribution >= 0.6 is 0 Å². The molecule has 0 radical (unpaired) electrons. The van der Waals surface area contributed by atoms with E-state index in [2.05, 4.69) is 16.0 Å². The van der Waals surface area contributed by atoms with Crippen LogP contribution in [0, 0.1) is 5.92 Å². The molecule has 0 saturated carbocycles. The summed E-state index contributed by atoms with van der Waals surface area (Å²) in [4.78, 5) is 69.1. The summed E-state index contributed by atoms with van der Waals surface area (Å²) in [6.07, 6.45) is 8.09. The fourth-order valence-corrected chi connectivity index (χ4v) is 6.64. The molecule has 2 heterocycles. The second-order valence-corrected chi connectivity index (χ2v) is 12.7. The summed E-state index contributed by atoms with van der Waals surface area (Å²) in [5, 5.41) is 8.91. The third kappa shape index (κ3) is 8.39. The summed E-state index contributed by atoms with van der Waals surface area (Å²) in [6.45, 7) is 6.12. The van der Waals surface area contributed by atoms with Crippen molar-refractivity contribution >= 4 is 35.0 Å². The molecule has 1 aliphatic carbocycles. The second-order valence-electron chi connectivity index (χ2n) is 12.7. The number of benzene rings is 1. The van der Waals surface area contributed by atoms with Crippen molar-refractivity contribution < 1.29 is 28.7 Å². The van der Waals surface area contributed by atoms with E-state index in [1.807, 2.05) is 51.1 Å². The largest absolute Gasteiger partial charge is 0.373 e. The van der Waals surface area contributed by atoms with E-state index in [0.29, 0.717) is 45.1 Å². The van der Waals surface area contributed by atoms with E-state index < -0.39 is 36.0 Å². The van der Waals surface area contributed by atoms with Crippen molar-refractivity contribution in [1.82, 2.24) is 20.9 Å². The van der Waals surface area contributed by atoms with E-state index in [1.54, 1.807) is 12.0 Å². The molecule has 10 heteroatoms. The van der Waals surface area contributed by atoms with Crippen LogP contribution in [0.5, 0.6) is 0 Å². The molecule has 246 valence electrons. The number of fused-ring (bicyclic) bond motifs is 2. The Kier molecular flexibility index (Phi) is 12.3. The van der Waals surface area contributed by atoms with E-state index in [0.717, 1.165) is 42.4 Å². The fourth-order valence-electron chi connectivity index (χ4n) is 6.64. The molecule has 10 nitrogen and oxygen atoms in total. The molecule has 3 N–H and O–H groups in total. The van der Waals surface area contributed by atoms with Crippen LogP contribution in [0.25, 0.3) is 5.57 Å². The zero-order valence-electron chi connectivity index (χ0n) is 27.2. The number of piperidine rings is 1. The van der Waals surface area contributed by atoms with Gasteiger partial charge in [-0.25, -0.2) is 0 Å². The predicted molar refractivity (Wildman–Crippen MR) is 172 cm³/mol. The highest BCUT2D eigenvalue weighted by Crippen LogP contribution is 2.38. The number of Topliss-reactive ketones (excluding diaryl/α,β-unsaturated/α-hetero) is 1. The van der Waals surface area contributed by atoms with Gasteiger partial charge in [-0.05, 0) is 60.8 Å². The fraction of sp³-hybridized carbons (Fsp3) is 0.629. The molecule has 2 aliphatic heterocycles. The molecule has 1 aromatic rings. The Morgan fingerprint density at radius 1 is 0.956 bits per heavy atom. The SMILES string of the molecule is CCC(=O)CCCCC[C@@H]1NC(=O)C(CC2=CC(OC)c3ccccc32)NC(=O)C(C(C)CC)NC(=O)[C@@H]2CCCCN2C1=O. The van der Waals surface area contributed by atoms with Crippen molar-refractivity contribution in [1.29, 1.82) is 0 Å². The third-order valence-electron chi connectivity index (χ3n) is 9.62. The van der Waals surface area contributed by atoms with Gasteiger partial charge < -0.3 is 25.6 Å². The number of carbonyl (C=O) groups is 5. The smallest absolute Gasteiger partial charge is 0.245 e. The topological polar surface area (TPSA) is 134 Å². The van der Waals surface area contributed by atoms with Gasteiger partial charge in [-0.2, -0.15) is 0 Å². The van der Waals surface area contributed by atoms with E-state index in [1.165, 1.54) is 0 Å². The number of ketones is 1. The molecule has 2 saturated heterocycles. The van der Waals surface area contributed by atoms with Gasteiger partial charge in [-0.1, -0.05) is 64.3 Å². The first-order valence-electron chi connectivity index (χ1n) is 16.7. The molecule has 4 unspecified atom stereocenters. The average molecular weight is 623 g/mol. The standard InChI is InChI=1S/C35H50N4O6/c1-5-22(3)31-34(43)37-28(20-23-21-30(45-4)26-16-11-10-15-25(23)26)32(41)36-27(17-9-7-8-14-24(40)6-2)35(44)39-19-13-12-18-29(39)33(42)38-31/h10-11,15-16,21-22,27-31H,5-9,12-14,17-20H2,1-4H3,(H,36,41)(H,37,43)(H,38,42)/t22?,27-,28?,29-,30?,31?/m0/s1. The van der Waals surface area contributed by atoms with Crippen molar-refractivity contribution in [3.05, 3.63) is 41.5 Å². The van der Waals surface area contributed by atoms with E-state index in [4.69, 9.17) is 4.74 Å². The summed E-state index contributed by atoms with van der Waals surface area (Å²) in [5.41, 5.74) is 2.81. The maximum atomic E-state index is 14.1. The molecule has 6 atom stereocenters. The molecule has 4 amide bonds. The van der Waals surface area contributed by atoms with Crippen LogP contribution < -0.4 is 16.0 Å². The Morgan fingerprint density at radius 2 is 1.71 bits per heavy atom. The number of methoxy groups -OCH3 is 1. The first-order valence-corrected chi connectivity index (χ1v) is 16.7. The maximum Gasteiger partial charge on any atom is 0.245 e. The van der Waals surface area contributed by atoms with Gasteiger partial charge in [0.1, 0.15) is 36.1 Å². The summed E-state index contributed by atoms with van der Waals surface area (Å²) >= 11 is 0. The summed E-state index contributed by atoms with van der Waals surface area (Å²) in [5.74, 6) is -1.45. The number of ether oxygens (including phenoxy) is 1. The van der Waals surface area contributed by atoms with Gasteiger partial charge in [0.2, 0.25) is 23.6 Å². The van der Waals surface area contributed by atoms with Crippen LogP contribution in [-0.4, -0.2) is 72.1 Å². The summed E-state index contributed by atoms with van der Waals surface area (Å²) in [6, 6.07) is 4.44. The number of carbonyl (C=O) groups excluding carboxylic acids is 5. The second kappa shape index (κ2) is 16.2. The van der Waals surface area contributed by atoms with Gasteiger partial charge in [0.05, 0.1) is 0 Å². The third-order valence-corrected chi connectivity index (χ3v) is 9.62. The molecule has 0 aromatic heterocycles. The van der Waals surface area contributed by atoms with Gasteiger partial charge in [0, 0.05) is 32.9 Å². The number of hydrogen-bond donors (Lipinski definition) is 3. The van der Waals surface area contributed by atoms with Crippen molar-refractivity contribution in [2.24, 2.45) is 5.92 Å². The van der Waals surface area contributed by atoms with Crippen molar-refractivity contribution in [3.8, 4) is 0 Å². The minimum Gasteiger partial charge on any atom is -0.373 e. The number of amides is 4. The first-order chi connectivity index (χ1) is 21.7. The average Bonchev–Trinajstić information content (AvgIpc) is 3.41. The zero-order valence-corrected chi connectivity index (χ0v) is 27.2. The molecule has 0 spiro atoms. The molecular formula is C35H50N4O6. The van der Waals surface area contributed by atoms with Crippen LogP contribution in [0.1, 0.15) is 109 Å². The molecule has 4 rings (SSSR count). The molecule has 45 heavy (non-hydrogen) atoms. The summed E-state index contributed by atoms with van der Waals surface area (Å²) < 4.78 is 5.68. The van der Waals surface area contributed by atoms with Gasteiger partial charge >= 0.3 is 0 Å². The lowest BCUT2D eigenvalue weighted by atomic mass is 9.93. The predicted octanol–water partition coefficient (Wildman–Crippen LogP) is 3.99. The van der Waals surface area contributed by atoms with Gasteiger partial charge in [-0.15, -0.1) is 0 Å². The number of hydrogen-bond acceptors (Lipinski definition) is 6. The van der Waals surface area contributed by atoms with Gasteiger partial charge in [0.25, 0.3) is 0 Å². The molecule has 2 fully saturated rings. The first kappa shape index (κ1) is 34.3. The highest BCUT2D eigenvalue weighted by atomic mass is 16.5. The zero-order chi connectivity index (χ0) is 32.5. The minimum absolute atomic E-state index is 0.190. The molecular weight excluding hydrogens is 572 g/mol. The Bertz CT molecular complexity index is 1280. The molecule has 1 aromatic carbocycles. The number of nitrogens with one attached hydrogen (secondary N) is 3. The van der Waals surface area contributed by atoms with Crippen molar-refractivity contribution in [2.45, 2.75) is 122 Å². The highest BCUT2D eigenvalue weighted by molar-refractivity contribution is 5.98. The lowest BCUT2D eigenvalue weighted by molar-refractivity contribution is -0.147. The number of nitrogens with zero attached hydrogens (tertiary/aromatic N) is 1. The number of rotatable bonds is 12. The lowest BCUT2D eigenvalue weighted by Gasteiger charge is -2.39. The van der Waals surface area contributed by atoms with Crippen molar-refractivity contribution in [3.63, 3.8) is 0 Å². The minimum atomic E-state index is -0.982. The van der Waals surface area contributed by atoms with Crippen LogP contribution in [-0.2, 0) is 28.7 Å². The molecule has 3 aliphatic rings. The van der Waals surface area contributed by atoms with E-state index >= 15 is 0 Å². The van der Waals surface area contributed by atoms with Crippen LogP contribution in [0.3, 0.4) is 0 Å². The Hall–Kier alpha value is -3.53. The Morgan fingerprint density at radius 3 is 2.44 bits per heavy atom. The normalized spacial score (nSPS) is 26.4. The van der Waals surface area contributed by atoms with Crippen LogP contribution in [0.2, 0.25) is 0 Å². The lowest BCUT2D eigenvalue weighted by Crippen LogP contribution is -2.63. The Labute approximate surface area is 267 Å². The van der Waals surface area contributed by atoms with Gasteiger partial charge in [-0.3, -0.25) is 24.0 Å². The van der Waals surface area contributed by atoms with Crippen LogP contribution in [0.15, 0.2) is 30.3 Å². The Balaban J connectivity index is 1.64. The maximum absolute atomic E-state index is 14.1. The van der Waals surface area contributed by atoms with E-state index in [9.17, 15) is 24.0 Å². The number of unbranched alkanes of at least 4 members (excludes halogenated alkanes) is 2. The van der Waals surface area contributed by atoms with Gasteiger partial charge in [0.15, 0.2) is 0 Å². The summed E-state index contributed by atoms with van der Waals surface area (Å²) in [7, 11) is 1.63. The van der Waals surface area contributed by atoms with Crippen LogP contribution in [0.4, 0.5) is 0 Å². The quantitative estimate of drug-likeness (QED) is 0.302. The highest BCUT2D eigenvalue weighted by Gasteiger charge is 2.40. The van der Waals surface area contributed by atoms with Crippen molar-refractivity contribution in [2.75, 3.05) is 13.7 Å². The molecule has 0 bridgehead atoms. The monoisotopic (exact) mass is 622 g/mol. The van der Waals surface area contributed by atoms with E-state index in [-0.39, 0.29) is 36.0 Å².